The van der Waals surface area contributed by atoms with Crippen LogP contribution in [0.2, 0.25) is 0 Å². The van der Waals surface area contributed by atoms with Gasteiger partial charge in [-0.1, -0.05) is 0 Å². The molecule has 5 nitrogen and oxygen atoms in total. The van der Waals surface area contributed by atoms with Gasteiger partial charge in [-0.25, -0.2) is 15.0 Å². The summed E-state index contributed by atoms with van der Waals surface area (Å²) in [5, 5.41) is 4.27. The van der Waals surface area contributed by atoms with Gasteiger partial charge in [-0.2, -0.15) is 0 Å². The zero-order valence-electron chi connectivity index (χ0n) is 13.0. The summed E-state index contributed by atoms with van der Waals surface area (Å²) in [5.74, 6) is 1.76. The number of aryl methyl sites for hydroxylation is 1. The molecule has 6 heteroatoms. The average Bonchev–Trinajstić information content (AvgIpc) is 3.07. The zero-order chi connectivity index (χ0) is 15.4. The monoisotopic (exact) mass is 315 g/mol. The minimum absolute atomic E-state index is 0.670. The second kappa shape index (κ2) is 6.96. The van der Waals surface area contributed by atoms with Crippen molar-refractivity contribution in [1.82, 2.24) is 15.0 Å². The third kappa shape index (κ3) is 3.68. The van der Waals surface area contributed by atoms with Crippen molar-refractivity contribution in [2.75, 3.05) is 29.6 Å². The highest BCUT2D eigenvalue weighted by molar-refractivity contribution is 7.98. The lowest BCUT2D eigenvalue weighted by molar-refractivity contribution is 0.919. The SMILES string of the molecule is CSc1ccnc(NCc2cc(C)nc(N3CCCC3)c2)n1. The van der Waals surface area contributed by atoms with Gasteiger partial charge in [-0.15, -0.1) is 11.8 Å². The Hall–Kier alpha value is -1.82. The van der Waals surface area contributed by atoms with Crippen LogP contribution in [-0.4, -0.2) is 34.3 Å². The molecule has 0 amide bonds. The van der Waals surface area contributed by atoms with E-state index < -0.39 is 0 Å². The molecule has 1 N–H and O–H groups in total. The van der Waals surface area contributed by atoms with E-state index in [4.69, 9.17) is 0 Å². The summed E-state index contributed by atoms with van der Waals surface area (Å²) in [6, 6.07) is 6.20. The average molecular weight is 315 g/mol. The van der Waals surface area contributed by atoms with Crippen LogP contribution in [0.4, 0.5) is 11.8 Å². The molecule has 0 spiro atoms. The maximum Gasteiger partial charge on any atom is 0.223 e. The van der Waals surface area contributed by atoms with Gasteiger partial charge < -0.3 is 10.2 Å². The molecule has 0 aliphatic carbocycles. The van der Waals surface area contributed by atoms with Crippen LogP contribution in [0.15, 0.2) is 29.4 Å². The Morgan fingerprint density at radius 3 is 2.82 bits per heavy atom. The molecule has 0 unspecified atom stereocenters. The Morgan fingerprint density at radius 1 is 1.23 bits per heavy atom. The smallest absolute Gasteiger partial charge is 0.223 e. The van der Waals surface area contributed by atoms with E-state index in [1.807, 2.05) is 19.2 Å². The second-order valence-electron chi connectivity index (χ2n) is 5.45. The van der Waals surface area contributed by atoms with E-state index in [0.29, 0.717) is 12.5 Å². The summed E-state index contributed by atoms with van der Waals surface area (Å²) in [6.07, 6.45) is 6.33. The highest BCUT2D eigenvalue weighted by atomic mass is 32.2. The third-order valence-corrected chi connectivity index (χ3v) is 4.37. The van der Waals surface area contributed by atoms with Gasteiger partial charge in [0.05, 0.1) is 0 Å². The molecule has 0 bridgehead atoms. The quantitative estimate of drug-likeness (QED) is 0.676. The molecule has 0 radical (unpaired) electrons. The maximum atomic E-state index is 4.66. The molecule has 0 atom stereocenters. The highest BCUT2D eigenvalue weighted by Crippen LogP contribution is 2.20. The Kier molecular flexibility index (Phi) is 4.77. The molecule has 1 fully saturated rings. The van der Waals surface area contributed by atoms with Crippen LogP contribution in [-0.2, 0) is 6.54 Å². The summed E-state index contributed by atoms with van der Waals surface area (Å²) < 4.78 is 0. The molecule has 1 saturated heterocycles. The number of nitrogens with zero attached hydrogens (tertiary/aromatic N) is 4. The van der Waals surface area contributed by atoms with E-state index in [1.54, 1.807) is 18.0 Å². The first-order chi connectivity index (χ1) is 10.7. The van der Waals surface area contributed by atoms with Crippen LogP contribution in [0.1, 0.15) is 24.1 Å². The van der Waals surface area contributed by atoms with Gasteiger partial charge >= 0.3 is 0 Å². The lowest BCUT2D eigenvalue weighted by atomic mass is 10.2. The molecule has 2 aromatic rings. The third-order valence-electron chi connectivity index (χ3n) is 3.72. The highest BCUT2D eigenvalue weighted by Gasteiger charge is 2.14. The van der Waals surface area contributed by atoms with E-state index in [9.17, 15) is 0 Å². The number of rotatable bonds is 5. The minimum atomic E-state index is 0.670. The van der Waals surface area contributed by atoms with Crippen LogP contribution in [0.3, 0.4) is 0 Å². The van der Waals surface area contributed by atoms with Gasteiger partial charge in [0, 0.05) is 31.5 Å². The largest absolute Gasteiger partial charge is 0.357 e. The van der Waals surface area contributed by atoms with E-state index in [-0.39, 0.29) is 0 Å². The maximum absolute atomic E-state index is 4.66. The summed E-state index contributed by atoms with van der Waals surface area (Å²) in [7, 11) is 0. The number of aromatic nitrogens is 3. The summed E-state index contributed by atoms with van der Waals surface area (Å²) in [6.45, 7) is 4.99. The molecule has 22 heavy (non-hydrogen) atoms. The Morgan fingerprint density at radius 2 is 2.05 bits per heavy atom. The summed E-state index contributed by atoms with van der Waals surface area (Å²) >= 11 is 1.62. The number of hydrogen-bond acceptors (Lipinski definition) is 6. The predicted molar refractivity (Wildman–Crippen MR) is 91.6 cm³/mol. The van der Waals surface area contributed by atoms with Crippen LogP contribution >= 0.6 is 11.8 Å². The molecule has 116 valence electrons. The first-order valence-corrected chi connectivity index (χ1v) is 8.80. The second-order valence-corrected chi connectivity index (χ2v) is 6.27. The predicted octanol–water partition coefficient (Wildman–Crippen LogP) is 3.11. The van der Waals surface area contributed by atoms with Gasteiger partial charge in [0.25, 0.3) is 0 Å². The molecule has 2 aromatic heterocycles. The van der Waals surface area contributed by atoms with Crippen LogP contribution in [0.25, 0.3) is 0 Å². The molecule has 1 aliphatic rings. The van der Waals surface area contributed by atoms with Crippen molar-refractivity contribution in [3.8, 4) is 0 Å². The van der Waals surface area contributed by atoms with Gasteiger partial charge in [0.1, 0.15) is 10.8 Å². The van der Waals surface area contributed by atoms with Crippen molar-refractivity contribution < 1.29 is 0 Å². The number of nitrogens with one attached hydrogen (secondary N) is 1. The van der Waals surface area contributed by atoms with Crippen molar-refractivity contribution in [3.63, 3.8) is 0 Å². The molecular formula is C16H21N5S. The van der Waals surface area contributed by atoms with Crippen LogP contribution in [0.5, 0.6) is 0 Å². The van der Waals surface area contributed by atoms with Gasteiger partial charge in [0.15, 0.2) is 0 Å². The fourth-order valence-electron chi connectivity index (χ4n) is 2.65. The molecule has 0 saturated carbocycles. The number of hydrogen-bond donors (Lipinski definition) is 1. The lowest BCUT2D eigenvalue weighted by Crippen LogP contribution is -2.19. The van der Waals surface area contributed by atoms with Crippen molar-refractivity contribution >= 4 is 23.5 Å². The van der Waals surface area contributed by atoms with E-state index in [0.717, 1.165) is 29.6 Å². The van der Waals surface area contributed by atoms with Crippen molar-refractivity contribution in [2.45, 2.75) is 31.3 Å². The molecule has 0 aromatic carbocycles. The van der Waals surface area contributed by atoms with Gasteiger partial charge in [-0.3, -0.25) is 0 Å². The topological polar surface area (TPSA) is 53.9 Å². The minimum Gasteiger partial charge on any atom is -0.357 e. The van der Waals surface area contributed by atoms with Crippen molar-refractivity contribution in [1.29, 1.82) is 0 Å². The van der Waals surface area contributed by atoms with Crippen LogP contribution < -0.4 is 10.2 Å². The van der Waals surface area contributed by atoms with Gasteiger partial charge in [-0.05, 0) is 49.8 Å². The first-order valence-electron chi connectivity index (χ1n) is 7.58. The Bertz CT molecular complexity index is 640. The molecule has 3 heterocycles. The zero-order valence-corrected chi connectivity index (χ0v) is 13.9. The number of pyridine rings is 1. The van der Waals surface area contributed by atoms with Gasteiger partial charge in [0.2, 0.25) is 5.95 Å². The Balaban J connectivity index is 1.71. The lowest BCUT2D eigenvalue weighted by Gasteiger charge is -2.18. The fourth-order valence-corrected chi connectivity index (χ4v) is 3.03. The normalized spacial score (nSPS) is 14.4. The van der Waals surface area contributed by atoms with E-state index in [1.165, 1.54) is 18.4 Å². The van der Waals surface area contributed by atoms with Crippen molar-refractivity contribution in [2.24, 2.45) is 0 Å². The summed E-state index contributed by atoms with van der Waals surface area (Å²) in [5.41, 5.74) is 2.27. The van der Waals surface area contributed by atoms with E-state index >= 15 is 0 Å². The van der Waals surface area contributed by atoms with Crippen LogP contribution in [0, 0.1) is 6.92 Å². The van der Waals surface area contributed by atoms with Crippen molar-refractivity contribution in [3.05, 3.63) is 35.7 Å². The number of anilines is 2. The fraction of sp³-hybridized carbons (Fsp3) is 0.438. The van der Waals surface area contributed by atoms with E-state index in [2.05, 4.69) is 37.3 Å². The Labute approximate surface area is 135 Å². The summed E-state index contributed by atoms with van der Waals surface area (Å²) in [4.78, 5) is 15.7. The number of thioether (sulfide) groups is 1. The first kappa shape index (κ1) is 15.1. The molecule has 3 rings (SSSR count). The standard InChI is InChI=1S/C16H21N5S/c1-12-9-13(10-14(19-12)21-7-3-4-8-21)11-18-16-17-6-5-15(20-16)22-2/h5-6,9-10H,3-4,7-8,11H2,1-2H3,(H,17,18,20). The molecule has 1 aliphatic heterocycles. The molecular weight excluding hydrogens is 294 g/mol.